The SMILES string of the molecule is CCn1c(SCC(=O)NC(=O)NC(C)(C)C)nnc1-c1ccccc1. The molecule has 0 spiro atoms. The molecule has 0 aliphatic carbocycles. The van der Waals surface area contributed by atoms with Crippen LogP contribution in [0.4, 0.5) is 4.79 Å². The number of imide groups is 1. The predicted octanol–water partition coefficient (Wildman–Crippen LogP) is 2.68. The van der Waals surface area contributed by atoms with Crippen LogP contribution in [0.25, 0.3) is 11.4 Å². The first-order chi connectivity index (χ1) is 11.8. The van der Waals surface area contributed by atoms with Crippen molar-refractivity contribution in [2.45, 2.75) is 44.9 Å². The summed E-state index contributed by atoms with van der Waals surface area (Å²) in [5.41, 5.74) is 0.572. The van der Waals surface area contributed by atoms with E-state index in [-0.39, 0.29) is 11.7 Å². The van der Waals surface area contributed by atoms with Crippen molar-refractivity contribution in [3.05, 3.63) is 30.3 Å². The molecule has 0 unspecified atom stereocenters. The summed E-state index contributed by atoms with van der Waals surface area (Å²) in [6.07, 6.45) is 0. The Morgan fingerprint density at radius 2 is 1.84 bits per heavy atom. The summed E-state index contributed by atoms with van der Waals surface area (Å²) in [6.45, 7) is 8.23. The predicted molar refractivity (Wildman–Crippen MR) is 98.3 cm³/mol. The fourth-order valence-electron chi connectivity index (χ4n) is 2.15. The van der Waals surface area contributed by atoms with Gasteiger partial charge in [-0.05, 0) is 27.7 Å². The molecule has 1 aromatic heterocycles. The molecular formula is C17H23N5O2S. The van der Waals surface area contributed by atoms with Crippen LogP contribution in [0.5, 0.6) is 0 Å². The third-order valence-electron chi connectivity index (χ3n) is 3.14. The third-order valence-corrected chi connectivity index (χ3v) is 4.11. The second-order valence-corrected chi connectivity index (χ2v) is 7.40. The fraction of sp³-hybridized carbons (Fsp3) is 0.412. The monoisotopic (exact) mass is 361 g/mol. The number of carbonyl (C=O) groups excluding carboxylic acids is 2. The lowest BCUT2D eigenvalue weighted by Gasteiger charge is -2.20. The highest BCUT2D eigenvalue weighted by molar-refractivity contribution is 7.99. The van der Waals surface area contributed by atoms with Gasteiger partial charge in [0, 0.05) is 17.6 Å². The first kappa shape index (κ1) is 19.0. The molecule has 0 saturated heterocycles. The topological polar surface area (TPSA) is 88.9 Å². The van der Waals surface area contributed by atoms with Crippen molar-refractivity contribution >= 4 is 23.7 Å². The van der Waals surface area contributed by atoms with E-state index in [1.807, 2.05) is 62.6 Å². The van der Waals surface area contributed by atoms with Crippen LogP contribution in [0, 0.1) is 0 Å². The minimum atomic E-state index is -0.500. The highest BCUT2D eigenvalue weighted by Gasteiger charge is 2.17. The Labute approximate surface area is 151 Å². The van der Waals surface area contributed by atoms with Gasteiger partial charge in [0.05, 0.1) is 5.75 Å². The highest BCUT2D eigenvalue weighted by atomic mass is 32.2. The van der Waals surface area contributed by atoms with Gasteiger partial charge < -0.3 is 9.88 Å². The van der Waals surface area contributed by atoms with Crippen LogP contribution < -0.4 is 10.6 Å². The van der Waals surface area contributed by atoms with E-state index in [1.165, 1.54) is 11.8 Å². The fourth-order valence-corrected chi connectivity index (χ4v) is 2.95. The molecule has 0 radical (unpaired) electrons. The zero-order valence-electron chi connectivity index (χ0n) is 14.9. The molecule has 0 atom stereocenters. The van der Waals surface area contributed by atoms with Crippen LogP contribution in [0.3, 0.4) is 0 Å². The van der Waals surface area contributed by atoms with E-state index >= 15 is 0 Å². The van der Waals surface area contributed by atoms with Gasteiger partial charge in [-0.15, -0.1) is 10.2 Å². The van der Waals surface area contributed by atoms with Gasteiger partial charge in [0.2, 0.25) is 5.91 Å². The third kappa shape index (κ3) is 5.60. The average Bonchev–Trinajstić information content (AvgIpc) is 2.94. The van der Waals surface area contributed by atoms with E-state index in [0.717, 1.165) is 11.4 Å². The molecule has 0 saturated carbocycles. The Morgan fingerprint density at radius 1 is 1.16 bits per heavy atom. The molecule has 7 nitrogen and oxygen atoms in total. The molecular weight excluding hydrogens is 338 g/mol. The molecule has 1 heterocycles. The lowest BCUT2D eigenvalue weighted by molar-refractivity contribution is -0.117. The van der Waals surface area contributed by atoms with E-state index in [9.17, 15) is 9.59 Å². The molecule has 3 amide bonds. The Balaban J connectivity index is 1.98. The standard InChI is InChI=1S/C17H23N5O2S/c1-5-22-14(12-9-7-6-8-10-12)20-21-16(22)25-11-13(23)18-15(24)19-17(2,3)4/h6-10H,5,11H2,1-4H3,(H2,18,19,23,24). The number of nitrogens with zero attached hydrogens (tertiary/aromatic N) is 3. The quantitative estimate of drug-likeness (QED) is 0.799. The maximum atomic E-state index is 11.9. The number of thioether (sulfide) groups is 1. The molecule has 8 heteroatoms. The van der Waals surface area contributed by atoms with Gasteiger partial charge in [-0.2, -0.15) is 0 Å². The molecule has 134 valence electrons. The molecule has 25 heavy (non-hydrogen) atoms. The molecule has 0 bridgehead atoms. The molecule has 1 aromatic carbocycles. The summed E-state index contributed by atoms with van der Waals surface area (Å²) in [7, 11) is 0. The molecule has 2 rings (SSSR count). The molecule has 2 aromatic rings. The first-order valence-electron chi connectivity index (χ1n) is 8.03. The number of hydrogen-bond donors (Lipinski definition) is 2. The lowest BCUT2D eigenvalue weighted by atomic mass is 10.1. The van der Waals surface area contributed by atoms with Crippen molar-refractivity contribution in [3.8, 4) is 11.4 Å². The van der Waals surface area contributed by atoms with Crippen molar-refractivity contribution in [2.24, 2.45) is 0 Å². The van der Waals surface area contributed by atoms with Gasteiger partial charge in [-0.25, -0.2) is 4.79 Å². The number of urea groups is 1. The van der Waals surface area contributed by atoms with Gasteiger partial charge >= 0.3 is 6.03 Å². The number of aromatic nitrogens is 3. The summed E-state index contributed by atoms with van der Waals surface area (Å²) in [5.74, 6) is 0.472. The summed E-state index contributed by atoms with van der Waals surface area (Å²) in [4.78, 5) is 23.6. The van der Waals surface area contributed by atoms with Crippen molar-refractivity contribution in [2.75, 3.05) is 5.75 Å². The second kappa shape index (κ2) is 8.15. The zero-order chi connectivity index (χ0) is 18.4. The van der Waals surface area contributed by atoms with Crippen LogP contribution >= 0.6 is 11.8 Å². The van der Waals surface area contributed by atoms with Crippen molar-refractivity contribution in [1.29, 1.82) is 0 Å². The molecule has 0 aliphatic heterocycles. The summed E-state index contributed by atoms with van der Waals surface area (Å²) >= 11 is 1.25. The van der Waals surface area contributed by atoms with Crippen LogP contribution in [-0.2, 0) is 11.3 Å². The molecule has 2 N–H and O–H groups in total. The van der Waals surface area contributed by atoms with E-state index in [1.54, 1.807) is 0 Å². The number of benzene rings is 1. The zero-order valence-corrected chi connectivity index (χ0v) is 15.7. The average molecular weight is 361 g/mol. The van der Waals surface area contributed by atoms with E-state index < -0.39 is 11.6 Å². The second-order valence-electron chi connectivity index (χ2n) is 6.46. The van der Waals surface area contributed by atoms with Gasteiger partial charge in [0.25, 0.3) is 0 Å². The van der Waals surface area contributed by atoms with E-state index in [2.05, 4.69) is 20.8 Å². The van der Waals surface area contributed by atoms with Gasteiger partial charge in [0.15, 0.2) is 11.0 Å². The number of amides is 3. The molecule has 0 aliphatic rings. The summed E-state index contributed by atoms with van der Waals surface area (Å²) in [6, 6.07) is 9.26. The Hall–Kier alpha value is -2.35. The number of carbonyl (C=O) groups is 2. The summed E-state index contributed by atoms with van der Waals surface area (Å²) < 4.78 is 1.95. The van der Waals surface area contributed by atoms with Crippen molar-refractivity contribution < 1.29 is 9.59 Å². The Kier molecular flexibility index (Phi) is 6.19. The van der Waals surface area contributed by atoms with Gasteiger partial charge in [-0.3, -0.25) is 10.1 Å². The van der Waals surface area contributed by atoms with Crippen LogP contribution in [-0.4, -0.2) is 38.0 Å². The van der Waals surface area contributed by atoms with Crippen molar-refractivity contribution in [3.63, 3.8) is 0 Å². The first-order valence-corrected chi connectivity index (χ1v) is 9.02. The van der Waals surface area contributed by atoms with E-state index in [4.69, 9.17) is 0 Å². The largest absolute Gasteiger partial charge is 0.333 e. The van der Waals surface area contributed by atoms with E-state index in [0.29, 0.717) is 11.7 Å². The minimum Gasteiger partial charge on any atom is -0.333 e. The Bertz CT molecular complexity index is 737. The van der Waals surface area contributed by atoms with Gasteiger partial charge in [-0.1, -0.05) is 42.1 Å². The smallest absolute Gasteiger partial charge is 0.321 e. The normalized spacial score (nSPS) is 11.2. The summed E-state index contributed by atoms with van der Waals surface area (Å²) in [5, 5.41) is 14.0. The number of hydrogen-bond acceptors (Lipinski definition) is 5. The van der Waals surface area contributed by atoms with Crippen LogP contribution in [0.2, 0.25) is 0 Å². The van der Waals surface area contributed by atoms with Crippen LogP contribution in [0.1, 0.15) is 27.7 Å². The maximum Gasteiger partial charge on any atom is 0.321 e. The highest BCUT2D eigenvalue weighted by Crippen LogP contribution is 2.23. The van der Waals surface area contributed by atoms with Crippen LogP contribution in [0.15, 0.2) is 35.5 Å². The maximum absolute atomic E-state index is 11.9. The lowest BCUT2D eigenvalue weighted by Crippen LogP contribution is -2.48. The Morgan fingerprint density at radius 3 is 2.44 bits per heavy atom. The minimum absolute atomic E-state index is 0.0878. The molecule has 0 fully saturated rings. The van der Waals surface area contributed by atoms with Gasteiger partial charge in [0.1, 0.15) is 0 Å². The number of rotatable bonds is 5. The van der Waals surface area contributed by atoms with Crippen molar-refractivity contribution in [1.82, 2.24) is 25.4 Å². The number of nitrogens with one attached hydrogen (secondary N) is 2.